The van der Waals surface area contributed by atoms with E-state index in [0.29, 0.717) is 19.4 Å². The third-order valence-corrected chi connectivity index (χ3v) is 10.4. The lowest BCUT2D eigenvalue weighted by molar-refractivity contribution is -0.0806. The normalized spacial score (nSPS) is 15.2. The summed E-state index contributed by atoms with van der Waals surface area (Å²) in [5.41, 5.74) is 0.740. The minimum absolute atomic E-state index is 0.204. The Morgan fingerprint density at radius 2 is 1.09 bits per heavy atom. The van der Waals surface area contributed by atoms with E-state index in [1.54, 1.807) is 36.4 Å². The van der Waals surface area contributed by atoms with Crippen LogP contribution in [0.3, 0.4) is 0 Å². The van der Waals surface area contributed by atoms with Crippen molar-refractivity contribution in [2.24, 2.45) is 0 Å². The SMILES string of the molecule is C#CC#CC#CC#CC#CC#CC#C.Cc1cccc(S(=O)(=O)N2CCC3(CC2)OCCN3S(=O)(=O)c2cccc(C)c2)c1. The molecule has 2 fully saturated rings. The first-order chi connectivity index (χ1) is 21.1. The van der Waals surface area contributed by atoms with Gasteiger partial charge in [-0.1, -0.05) is 24.3 Å². The molecule has 0 amide bonds. The molecule has 0 aromatic heterocycles. The van der Waals surface area contributed by atoms with Crippen molar-refractivity contribution in [3.8, 4) is 83.9 Å². The van der Waals surface area contributed by atoms with Gasteiger partial charge in [-0.2, -0.15) is 8.61 Å². The molecular weight excluding hydrogens is 593 g/mol. The van der Waals surface area contributed by atoms with Crippen LogP contribution in [-0.2, 0) is 24.8 Å². The first kappa shape index (κ1) is 33.6. The third kappa shape index (κ3) is 8.59. The van der Waals surface area contributed by atoms with Gasteiger partial charge in [-0.25, -0.2) is 16.8 Å². The zero-order valence-electron chi connectivity index (χ0n) is 24.3. The molecule has 2 aliphatic heterocycles. The minimum atomic E-state index is -3.74. The van der Waals surface area contributed by atoms with E-state index in [1.165, 1.54) is 8.61 Å². The van der Waals surface area contributed by atoms with Crippen LogP contribution in [0.25, 0.3) is 0 Å². The van der Waals surface area contributed by atoms with Gasteiger partial charge >= 0.3 is 0 Å². The maximum Gasteiger partial charge on any atom is 0.245 e. The highest BCUT2D eigenvalue weighted by Crippen LogP contribution is 2.39. The number of hydrogen-bond donors (Lipinski definition) is 0. The van der Waals surface area contributed by atoms with Crippen molar-refractivity contribution >= 4 is 20.0 Å². The van der Waals surface area contributed by atoms with Gasteiger partial charge in [-0.3, -0.25) is 0 Å². The highest BCUT2D eigenvalue weighted by Gasteiger charge is 2.51. The van der Waals surface area contributed by atoms with Gasteiger partial charge in [0.25, 0.3) is 0 Å². The fraction of sp³-hybridized carbons (Fsp3) is 0.257. The summed E-state index contributed by atoms with van der Waals surface area (Å²) in [5.74, 6) is 28.3. The summed E-state index contributed by atoms with van der Waals surface area (Å²) in [7, 11) is -7.37. The summed E-state index contributed by atoms with van der Waals surface area (Å²) in [6.45, 7) is 4.68. The monoisotopic (exact) mass is 620 g/mol. The molecule has 2 aromatic carbocycles. The molecule has 0 radical (unpaired) electrons. The third-order valence-electron chi connectivity index (χ3n) is 6.54. The van der Waals surface area contributed by atoms with Crippen LogP contribution >= 0.6 is 0 Å². The number of nitrogens with zero attached hydrogens (tertiary/aromatic N) is 2. The van der Waals surface area contributed by atoms with Gasteiger partial charge in [0.15, 0.2) is 0 Å². The number of sulfonamides is 2. The van der Waals surface area contributed by atoms with Gasteiger partial charge in [0.05, 0.1) is 16.4 Å². The molecule has 220 valence electrons. The topological polar surface area (TPSA) is 84.0 Å². The van der Waals surface area contributed by atoms with Crippen molar-refractivity contribution in [2.75, 3.05) is 26.2 Å². The molecule has 0 bridgehead atoms. The number of aryl methyl sites for hydroxylation is 2. The number of rotatable bonds is 4. The van der Waals surface area contributed by atoms with E-state index < -0.39 is 25.8 Å². The first-order valence-corrected chi connectivity index (χ1v) is 16.2. The second-order valence-electron chi connectivity index (χ2n) is 9.45. The molecule has 0 saturated carbocycles. The fourth-order valence-corrected chi connectivity index (χ4v) is 7.93. The quantitative estimate of drug-likeness (QED) is 0.491. The lowest BCUT2D eigenvalue weighted by atomic mass is 10.0. The van der Waals surface area contributed by atoms with Crippen molar-refractivity contribution in [2.45, 2.75) is 42.2 Å². The molecular formula is C35H28N2O5S2. The number of ether oxygens (including phenoxy) is 1. The maximum absolute atomic E-state index is 13.3. The molecule has 2 saturated heterocycles. The Bertz CT molecular complexity index is 1970. The van der Waals surface area contributed by atoms with Crippen LogP contribution in [0.4, 0.5) is 0 Å². The Balaban J connectivity index is 0.000000321. The smallest absolute Gasteiger partial charge is 0.245 e. The average molecular weight is 621 g/mol. The molecule has 2 heterocycles. The predicted octanol–water partition coefficient (Wildman–Crippen LogP) is 2.78. The number of piperidine rings is 1. The molecule has 2 aromatic rings. The van der Waals surface area contributed by atoms with Crippen LogP contribution in [0.15, 0.2) is 58.3 Å². The van der Waals surface area contributed by atoms with Crippen molar-refractivity contribution in [1.29, 1.82) is 0 Å². The summed E-state index contributed by atoms with van der Waals surface area (Å²) < 4.78 is 61.5. The van der Waals surface area contributed by atoms with Crippen LogP contribution in [0.5, 0.6) is 0 Å². The molecule has 2 aliphatic rings. The van der Waals surface area contributed by atoms with Crippen molar-refractivity contribution in [1.82, 2.24) is 8.61 Å². The summed E-state index contributed by atoms with van der Waals surface area (Å²) in [4.78, 5) is 0.497. The molecule has 9 heteroatoms. The highest BCUT2D eigenvalue weighted by atomic mass is 32.2. The Morgan fingerprint density at radius 1 is 0.659 bits per heavy atom. The number of hydrogen-bond acceptors (Lipinski definition) is 5. The lowest BCUT2D eigenvalue weighted by Crippen LogP contribution is -2.55. The van der Waals surface area contributed by atoms with Crippen LogP contribution in [-0.4, -0.2) is 57.4 Å². The largest absolute Gasteiger partial charge is 0.358 e. The summed E-state index contributed by atoms with van der Waals surface area (Å²) in [6, 6.07) is 13.6. The first-order valence-electron chi connectivity index (χ1n) is 13.3. The van der Waals surface area contributed by atoms with Gasteiger partial charge in [0, 0.05) is 32.5 Å². The molecule has 0 aliphatic carbocycles. The number of terminal acetylenes is 2. The van der Waals surface area contributed by atoms with Gasteiger partial charge < -0.3 is 4.74 Å². The van der Waals surface area contributed by atoms with Gasteiger partial charge in [-0.05, 0) is 120 Å². The zero-order valence-corrected chi connectivity index (χ0v) is 25.9. The summed E-state index contributed by atoms with van der Waals surface area (Å²) >= 11 is 0. The fourth-order valence-electron chi connectivity index (χ4n) is 4.55. The van der Waals surface area contributed by atoms with Crippen LogP contribution < -0.4 is 0 Å². The van der Waals surface area contributed by atoms with Crippen molar-refractivity contribution < 1.29 is 21.6 Å². The van der Waals surface area contributed by atoms with Gasteiger partial charge in [-0.15, -0.1) is 12.8 Å². The predicted molar refractivity (Wildman–Crippen MR) is 169 cm³/mol. The van der Waals surface area contributed by atoms with E-state index in [9.17, 15) is 16.8 Å². The van der Waals surface area contributed by atoms with Crippen molar-refractivity contribution in [3.05, 3.63) is 59.7 Å². The second-order valence-corrected chi connectivity index (χ2v) is 13.2. The van der Waals surface area contributed by atoms with Gasteiger partial charge in [0.2, 0.25) is 20.0 Å². The Morgan fingerprint density at radius 3 is 1.52 bits per heavy atom. The lowest BCUT2D eigenvalue weighted by Gasteiger charge is -2.42. The standard InChI is InChI=1S/C21H26N2O5S2.C14H2/c1-17-5-3-7-19(15-17)29(24,25)22-11-9-21(10-12-22)23(13-14-28-21)30(26,27)20-8-4-6-18(2)16-20;1-3-5-7-9-11-13-14-12-10-8-6-4-2/h3-8,15-16H,9-14H2,1-2H3;1-2H. The van der Waals surface area contributed by atoms with E-state index >= 15 is 0 Å². The van der Waals surface area contributed by atoms with Crippen molar-refractivity contribution in [3.63, 3.8) is 0 Å². The van der Waals surface area contributed by atoms with E-state index in [0.717, 1.165) is 11.1 Å². The summed E-state index contributed by atoms with van der Waals surface area (Å²) in [6.07, 6.45) is 10.3. The zero-order chi connectivity index (χ0) is 32.1. The van der Waals surface area contributed by atoms with E-state index in [4.69, 9.17) is 17.6 Å². The number of benzene rings is 2. The molecule has 0 atom stereocenters. The molecule has 7 nitrogen and oxygen atoms in total. The van der Waals surface area contributed by atoms with E-state index in [1.807, 2.05) is 26.0 Å². The molecule has 44 heavy (non-hydrogen) atoms. The van der Waals surface area contributed by atoms with Crippen LogP contribution in [0.1, 0.15) is 24.0 Å². The van der Waals surface area contributed by atoms with Gasteiger partial charge in [0.1, 0.15) is 5.72 Å². The Kier molecular flexibility index (Phi) is 11.9. The highest BCUT2D eigenvalue weighted by molar-refractivity contribution is 7.89. The Hall–Kier alpha value is -4.86. The Labute approximate surface area is 261 Å². The van der Waals surface area contributed by atoms with Crippen LogP contribution in [0.2, 0.25) is 0 Å². The van der Waals surface area contributed by atoms with E-state index in [2.05, 4.69) is 71.0 Å². The molecule has 1 spiro atoms. The van der Waals surface area contributed by atoms with E-state index in [-0.39, 0.29) is 29.4 Å². The molecule has 0 unspecified atom stereocenters. The van der Waals surface area contributed by atoms with Crippen LogP contribution in [0, 0.1) is 97.7 Å². The minimum Gasteiger partial charge on any atom is -0.358 e. The molecule has 4 rings (SSSR count). The maximum atomic E-state index is 13.3. The second kappa shape index (κ2) is 15.6. The summed E-state index contributed by atoms with van der Waals surface area (Å²) in [5, 5.41) is 0. The average Bonchev–Trinajstić information content (AvgIpc) is 3.42. The molecule has 0 N–H and O–H groups in total.